The van der Waals surface area contributed by atoms with Gasteiger partial charge < -0.3 is 19.3 Å². The summed E-state index contributed by atoms with van der Waals surface area (Å²) in [5, 5.41) is 10.6. The summed E-state index contributed by atoms with van der Waals surface area (Å²) in [4.78, 5) is 27.0. The molecule has 150 valence electrons. The van der Waals surface area contributed by atoms with Gasteiger partial charge in [0, 0.05) is 37.3 Å². The maximum atomic E-state index is 13.5. The highest BCUT2D eigenvalue weighted by molar-refractivity contribution is 5.92. The number of benzene rings is 1. The number of fused-ring (bicyclic) bond motifs is 1. The van der Waals surface area contributed by atoms with Crippen LogP contribution in [0.2, 0.25) is 0 Å². The Kier molecular flexibility index (Phi) is 5.15. The van der Waals surface area contributed by atoms with Crippen molar-refractivity contribution in [2.75, 3.05) is 13.2 Å². The molecule has 2 aliphatic heterocycles. The molecule has 0 bridgehead atoms. The fourth-order valence-corrected chi connectivity index (χ4v) is 4.85. The molecule has 0 spiro atoms. The number of hydrogen-bond donors (Lipinski definition) is 1. The highest BCUT2D eigenvalue weighted by Gasteiger charge is 2.41. The second-order valence-electron chi connectivity index (χ2n) is 8.14. The van der Waals surface area contributed by atoms with Crippen LogP contribution in [-0.2, 0) is 21.4 Å². The minimum atomic E-state index is -0.766. The summed E-state index contributed by atoms with van der Waals surface area (Å²) in [5.41, 5.74) is 2.13. The molecule has 6 nitrogen and oxygen atoms in total. The van der Waals surface area contributed by atoms with Crippen LogP contribution in [0.5, 0.6) is 0 Å². The third kappa shape index (κ3) is 3.30. The van der Waals surface area contributed by atoms with Gasteiger partial charge in [-0.1, -0.05) is 18.2 Å². The van der Waals surface area contributed by atoms with Crippen molar-refractivity contribution in [2.24, 2.45) is 13.0 Å². The number of amides is 1. The summed E-state index contributed by atoms with van der Waals surface area (Å²) in [6.45, 7) is 3.13. The molecule has 28 heavy (non-hydrogen) atoms. The number of nitrogens with zero attached hydrogens (tertiary/aromatic N) is 2. The normalized spacial score (nSPS) is 26.5. The Hall–Kier alpha value is -2.34. The minimum absolute atomic E-state index is 0.0502. The summed E-state index contributed by atoms with van der Waals surface area (Å²) in [7, 11) is 2.00. The average molecular weight is 384 g/mol. The lowest BCUT2D eigenvalue weighted by Gasteiger charge is -2.42. The number of hydrogen-bond acceptors (Lipinski definition) is 3. The Morgan fingerprint density at radius 1 is 1.25 bits per heavy atom. The van der Waals surface area contributed by atoms with Gasteiger partial charge in [0.15, 0.2) is 0 Å². The molecule has 0 radical (unpaired) electrons. The number of aromatic nitrogens is 1. The number of likely N-dealkylation sites (tertiary alicyclic amines) is 1. The largest absolute Gasteiger partial charge is 0.481 e. The molecule has 0 aliphatic carbocycles. The SMILES string of the molecule is CC(C(=O)N1CCC(C(=O)O)CC1C1CCCO1)c1cn(C)c2ccccc12. The van der Waals surface area contributed by atoms with Crippen molar-refractivity contribution >= 4 is 22.8 Å². The van der Waals surface area contributed by atoms with Gasteiger partial charge >= 0.3 is 5.97 Å². The molecule has 1 amide bonds. The average Bonchev–Trinajstić information content (AvgIpc) is 3.35. The van der Waals surface area contributed by atoms with Gasteiger partial charge in [0.05, 0.1) is 24.0 Å². The predicted octanol–water partition coefficient (Wildman–Crippen LogP) is 3.15. The highest BCUT2D eigenvalue weighted by atomic mass is 16.5. The van der Waals surface area contributed by atoms with Crippen molar-refractivity contribution in [2.45, 2.75) is 50.7 Å². The molecular formula is C22H28N2O4. The second kappa shape index (κ2) is 7.59. The van der Waals surface area contributed by atoms with Crippen LogP contribution in [0.4, 0.5) is 0 Å². The molecule has 2 aromatic rings. The van der Waals surface area contributed by atoms with Crippen LogP contribution in [0, 0.1) is 5.92 Å². The fraction of sp³-hybridized carbons (Fsp3) is 0.545. The number of carbonyl (C=O) groups is 2. The van der Waals surface area contributed by atoms with Gasteiger partial charge in [-0.3, -0.25) is 9.59 Å². The molecule has 4 rings (SSSR count). The second-order valence-corrected chi connectivity index (χ2v) is 8.14. The van der Waals surface area contributed by atoms with E-state index >= 15 is 0 Å². The molecule has 3 heterocycles. The van der Waals surface area contributed by atoms with Crippen molar-refractivity contribution < 1.29 is 19.4 Å². The number of piperidine rings is 1. The summed E-state index contributed by atoms with van der Waals surface area (Å²) >= 11 is 0. The zero-order valence-corrected chi connectivity index (χ0v) is 16.5. The van der Waals surface area contributed by atoms with E-state index in [0.29, 0.717) is 26.0 Å². The van der Waals surface area contributed by atoms with E-state index in [2.05, 4.69) is 16.7 Å². The molecule has 0 saturated carbocycles. The Labute approximate surface area is 165 Å². The molecule has 1 N–H and O–H groups in total. The zero-order chi connectivity index (χ0) is 19.8. The van der Waals surface area contributed by atoms with Crippen molar-refractivity contribution in [1.82, 2.24) is 9.47 Å². The fourth-order valence-electron chi connectivity index (χ4n) is 4.85. The first-order valence-corrected chi connectivity index (χ1v) is 10.2. The van der Waals surface area contributed by atoms with E-state index in [1.165, 1.54) is 0 Å². The van der Waals surface area contributed by atoms with Crippen molar-refractivity contribution in [1.29, 1.82) is 0 Å². The molecule has 1 aromatic carbocycles. The van der Waals surface area contributed by atoms with Gasteiger partial charge in [0.2, 0.25) is 5.91 Å². The van der Waals surface area contributed by atoms with E-state index in [1.807, 2.05) is 37.2 Å². The van der Waals surface area contributed by atoms with Crippen LogP contribution in [0.25, 0.3) is 10.9 Å². The summed E-state index contributed by atoms with van der Waals surface area (Å²) in [6, 6.07) is 7.97. The number of aliphatic carboxylic acids is 1. The Morgan fingerprint density at radius 2 is 2.04 bits per heavy atom. The number of para-hydroxylation sites is 1. The number of rotatable bonds is 4. The lowest BCUT2D eigenvalue weighted by atomic mass is 9.86. The Bertz CT molecular complexity index is 884. The number of carbonyl (C=O) groups excluding carboxylic acids is 1. The van der Waals surface area contributed by atoms with Crippen LogP contribution in [0.3, 0.4) is 0 Å². The Morgan fingerprint density at radius 3 is 2.75 bits per heavy atom. The van der Waals surface area contributed by atoms with Gasteiger partial charge in [-0.05, 0) is 44.2 Å². The van der Waals surface area contributed by atoms with Crippen molar-refractivity contribution in [3.8, 4) is 0 Å². The van der Waals surface area contributed by atoms with E-state index < -0.39 is 11.9 Å². The van der Waals surface area contributed by atoms with E-state index in [9.17, 15) is 14.7 Å². The molecule has 1 aromatic heterocycles. The molecular weight excluding hydrogens is 356 g/mol. The molecule has 2 fully saturated rings. The third-order valence-electron chi connectivity index (χ3n) is 6.44. The van der Waals surface area contributed by atoms with Gasteiger partial charge in [-0.2, -0.15) is 0 Å². The van der Waals surface area contributed by atoms with E-state index in [4.69, 9.17) is 4.74 Å². The molecule has 2 saturated heterocycles. The lowest BCUT2D eigenvalue weighted by molar-refractivity contribution is -0.151. The minimum Gasteiger partial charge on any atom is -0.481 e. The quantitative estimate of drug-likeness (QED) is 0.879. The smallest absolute Gasteiger partial charge is 0.306 e. The van der Waals surface area contributed by atoms with Crippen LogP contribution in [0.15, 0.2) is 30.5 Å². The number of carboxylic acids is 1. The van der Waals surface area contributed by atoms with Gasteiger partial charge in [-0.25, -0.2) is 0 Å². The molecule has 2 aliphatic rings. The van der Waals surface area contributed by atoms with Crippen LogP contribution in [-0.4, -0.2) is 51.7 Å². The lowest BCUT2D eigenvalue weighted by Crippen LogP contribution is -2.53. The van der Waals surface area contributed by atoms with Crippen molar-refractivity contribution in [3.05, 3.63) is 36.0 Å². The maximum absolute atomic E-state index is 13.5. The number of carboxylic acid groups (broad SMARTS) is 1. The topological polar surface area (TPSA) is 71.8 Å². The van der Waals surface area contributed by atoms with E-state index in [1.54, 1.807) is 0 Å². The summed E-state index contributed by atoms with van der Waals surface area (Å²) in [5.74, 6) is -1.37. The third-order valence-corrected chi connectivity index (χ3v) is 6.44. The standard InChI is InChI=1S/C22H28N2O4/c1-14(17-13-23(2)18-7-4-3-6-16(17)18)21(25)24-10-9-15(22(26)27)12-19(24)20-8-5-11-28-20/h3-4,6-7,13-15,19-20H,5,8-12H2,1-2H3,(H,26,27). The van der Waals surface area contributed by atoms with Crippen LogP contribution in [0.1, 0.15) is 44.1 Å². The Balaban J connectivity index is 1.61. The van der Waals surface area contributed by atoms with E-state index in [0.717, 1.165) is 29.3 Å². The van der Waals surface area contributed by atoms with Crippen LogP contribution < -0.4 is 0 Å². The number of ether oxygens (including phenoxy) is 1. The first kappa shape index (κ1) is 19.0. The highest BCUT2D eigenvalue weighted by Crippen LogP contribution is 2.34. The van der Waals surface area contributed by atoms with Gasteiger partial charge in [0.25, 0.3) is 0 Å². The van der Waals surface area contributed by atoms with Crippen LogP contribution >= 0.6 is 0 Å². The van der Waals surface area contributed by atoms with Gasteiger partial charge in [-0.15, -0.1) is 0 Å². The van der Waals surface area contributed by atoms with Gasteiger partial charge in [0.1, 0.15) is 0 Å². The molecule has 4 atom stereocenters. The summed E-state index contributed by atoms with van der Waals surface area (Å²) < 4.78 is 7.93. The predicted molar refractivity (Wildman–Crippen MR) is 106 cm³/mol. The monoisotopic (exact) mass is 384 g/mol. The maximum Gasteiger partial charge on any atom is 0.306 e. The first-order valence-electron chi connectivity index (χ1n) is 10.2. The first-order chi connectivity index (χ1) is 13.5. The number of aryl methyl sites for hydroxylation is 1. The molecule has 4 unspecified atom stereocenters. The van der Waals surface area contributed by atoms with Crippen molar-refractivity contribution in [3.63, 3.8) is 0 Å². The van der Waals surface area contributed by atoms with E-state index in [-0.39, 0.29) is 24.0 Å². The zero-order valence-electron chi connectivity index (χ0n) is 16.5. The summed E-state index contributed by atoms with van der Waals surface area (Å²) in [6.07, 6.45) is 4.84. The molecule has 6 heteroatoms.